The van der Waals surface area contributed by atoms with Gasteiger partial charge < -0.3 is 9.15 Å². The molecule has 1 aromatic heterocycles. The van der Waals surface area contributed by atoms with Gasteiger partial charge in [0, 0.05) is 23.1 Å². The SMILES string of the molecule is O=c1cc(-c2cccc3c2CC(c2ccc(CCC4CC5C=CC4C5)cc2)=C3)c2ccc(OCCC3CC4C=CC3C4)cc2o1. The van der Waals surface area contributed by atoms with Crippen LogP contribution in [0.2, 0.25) is 0 Å². The van der Waals surface area contributed by atoms with Crippen molar-refractivity contribution in [2.24, 2.45) is 35.5 Å². The first kappa shape index (κ1) is 27.2. The van der Waals surface area contributed by atoms with Crippen molar-refractivity contribution in [1.82, 2.24) is 0 Å². The summed E-state index contributed by atoms with van der Waals surface area (Å²) in [5.41, 5.74) is 8.84. The van der Waals surface area contributed by atoms with E-state index in [1.807, 2.05) is 12.1 Å². The first-order valence-corrected chi connectivity index (χ1v) is 17.1. The lowest BCUT2D eigenvalue weighted by Crippen LogP contribution is -2.11. The molecule has 0 spiro atoms. The zero-order valence-electron chi connectivity index (χ0n) is 25.8. The van der Waals surface area contributed by atoms with Crippen molar-refractivity contribution in [3.63, 3.8) is 0 Å². The van der Waals surface area contributed by atoms with Crippen molar-refractivity contribution in [1.29, 1.82) is 0 Å². The third-order valence-electron chi connectivity index (χ3n) is 11.6. The summed E-state index contributed by atoms with van der Waals surface area (Å²) in [5.74, 6) is 5.56. The van der Waals surface area contributed by atoms with Crippen LogP contribution < -0.4 is 10.4 Å². The molecule has 4 aromatic rings. The van der Waals surface area contributed by atoms with Crippen LogP contribution in [0.25, 0.3) is 33.7 Å². The lowest BCUT2D eigenvalue weighted by molar-refractivity contribution is 0.263. The summed E-state index contributed by atoms with van der Waals surface area (Å²) < 4.78 is 11.9. The van der Waals surface area contributed by atoms with Gasteiger partial charge in [-0.3, -0.25) is 0 Å². The van der Waals surface area contributed by atoms with Crippen molar-refractivity contribution in [3.05, 3.63) is 124 Å². The Bertz CT molecular complexity index is 1920. The molecule has 2 fully saturated rings. The van der Waals surface area contributed by atoms with Crippen molar-refractivity contribution in [2.75, 3.05) is 6.61 Å². The number of fused-ring (bicyclic) bond motifs is 6. The Morgan fingerprint density at radius 2 is 1.53 bits per heavy atom. The Morgan fingerprint density at radius 3 is 2.27 bits per heavy atom. The molecule has 6 unspecified atom stereocenters. The first-order chi connectivity index (χ1) is 22.1. The zero-order chi connectivity index (χ0) is 29.9. The largest absolute Gasteiger partial charge is 0.493 e. The number of hydrogen-bond acceptors (Lipinski definition) is 3. The number of rotatable bonds is 9. The maximum Gasteiger partial charge on any atom is 0.336 e. The second kappa shape index (κ2) is 11.1. The van der Waals surface area contributed by atoms with E-state index in [0.29, 0.717) is 12.2 Å². The molecule has 3 heteroatoms. The predicted octanol–water partition coefficient (Wildman–Crippen LogP) is 9.68. The van der Waals surface area contributed by atoms with Crippen LogP contribution in [0, 0.1) is 35.5 Å². The maximum atomic E-state index is 12.8. The molecule has 45 heavy (non-hydrogen) atoms. The normalized spacial score (nSPS) is 27.1. The fourth-order valence-corrected chi connectivity index (χ4v) is 9.28. The lowest BCUT2D eigenvalue weighted by atomic mass is 9.88. The van der Waals surface area contributed by atoms with E-state index in [9.17, 15) is 4.79 Å². The highest BCUT2D eigenvalue weighted by atomic mass is 16.5. The van der Waals surface area contributed by atoms with Crippen LogP contribution in [-0.4, -0.2) is 6.61 Å². The molecular weight excluding hydrogens is 552 g/mol. The summed E-state index contributed by atoms with van der Waals surface area (Å²) in [5, 5.41) is 0.942. The van der Waals surface area contributed by atoms with E-state index in [-0.39, 0.29) is 5.63 Å². The number of allylic oxidation sites excluding steroid dienone is 5. The van der Waals surface area contributed by atoms with Crippen LogP contribution in [-0.2, 0) is 12.8 Å². The summed E-state index contributed by atoms with van der Waals surface area (Å²) in [7, 11) is 0. The highest BCUT2D eigenvalue weighted by Crippen LogP contribution is 2.46. The van der Waals surface area contributed by atoms with Crippen LogP contribution in [0.5, 0.6) is 5.75 Å². The van der Waals surface area contributed by atoms with Gasteiger partial charge in [0.25, 0.3) is 0 Å². The summed E-state index contributed by atoms with van der Waals surface area (Å²) in [4.78, 5) is 12.8. The van der Waals surface area contributed by atoms with Crippen LogP contribution >= 0.6 is 0 Å². The van der Waals surface area contributed by atoms with Gasteiger partial charge in [0.2, 0.25) is 0 Å². The third-order valence-corrected chi connectivity index (χ3v) is 11.6. The Labute approximate surface area is 265 Å². The topological polar surface area (TPSA) is 39.4 Å². The molecule has 6 atom stereocenters. The van der Waals surface area contributed by atoms with Gasteiger partial charge in [0.05, 0.1) is 6.61 Å². The van der Waals surface area contributed by atoms with Crippen LogP contribution in [0.3, 0.4) is 0 Å². The van der Waals surface area contributed by atoms with E-state index in [4.69, 9.17) is 9.15 Å². The van der Waals surface area contributed by atoms with Crippen LogP contribution in [0.15, 0.2) is 100 Å². The Hall–Kier alpha value is -4.11. The van der Waals surface area contributed by atoms with Gasteiger partial charge in [-0.1, -0.05) is 72.8 Å². The minimum Gasteiger partial charge on any atom is -0.493 e. The Balaban J connectivity index is 0.908. The number of hydrogen-bond donors (Lipinski definition) is 0. The summed E-state index contributed by atoms with van der Waals surface area (Å²) in [6, 6.07) is 23.3. The molecule has 9 rings (SSSR count). The highest BCUT2D eigenvalue weighted by molar-refractivity contribution is 5.98. The minimum atomic E-state index is -0.329. The van der Waals surface area contributed by atoms with Gasteiger partial charge in [-0.2, -0.15) is 0 Å². The van der Waals surface area contributed by atoms with Gasteiger partial charge in [-0.25, -0.2) is 4.79 Å². The van der Waals surface area contributed by atoms with Crippen LogP contribution in [0.1, 0.15) is 60.8 Å². The molecular formula is C42H40O3. The fraction of sp³-hybridized carbons (Fsp3) is 0.357. The van der Waals surface area contributed by atoms with Crippen molar-refractivity contribution in [3.8, 4) is 16.9 Å². The van der Waals surface area contributed by atoms with Gasteiger partial charge in [-0.15, -0.1) is 0 Å². The third kappa shape index (κ3) is 5.11. The van der Waals surface area contributed by atoms with Crippen molar-refractivity contribution in [2.45, 2.75) is 51.4 Å². The second-order valence-corrected chi connectivity index (χ2v) is 14.3. The molecule has 4 bridgehead atoms. The molecule has 0 amide bonds. The second-order valence-electron chi connectivity index (χ2n) is 14.3. The molecule has 0 N–H and O–H groups in total. The molecule has 5 aliphatic carbocycles. The van der Waals surface area contributed by atoms with Gasteiger partial charge in [0.15, 0.2) is 0 Å². The molecule has 1 heterocycles. The molecule has 0 saturated heterocycles. The Kier molecular flexibility index (Phi) is 6.68. The number of benzene rings is 3. The molecule has 2 saturated carbocycles. The monoisotopic (exact) mass is 592 g/mol. The molecule has 5 aliphatic rings. The van der Waals surface area contributed by atoms with E-state index in [1.54, 1.807) is 6.07 Å². The smallest absolute Gasteiger partial charge is 0.336 e. The summed E-state index contributed by atoms with van der Waals surface area (Å²) >= 11 is 0. The van der Waals surface area contributed by atoms with Gasteiger partial charge in [0.1, 0.15) is 11.3 Å². The first-order valence-electron chi connectivity index (χ1n) is 17.1. The molecule has 226 valence electrons. The quantitative estimate of drug-likeness (QED) is 0.143. The molecule has 3 aromatic carbocycles. The van der Waals surface area contributed by atoms with Crippen LogP contribution in [0.4, 0.5) is 0 Å². The maximum absolute atomic E-state index is 12.8. The summed E-state index contributed by atoms with van der Waals surface area (Å²) in [6.45, 7) is 0.692. The molecule has 0 aliphatic heterocycles. The zero-order valence-corrected chi connectivity index (χ0v) is 25.8. The van der Waals surface area contributed by atoms with Crippen molar-refractivity contribution >= 4 is 22.6 Å². The number of ether oxygens (including phenoxy) is 1. The van der Waals surface area contributed by atoms with E-state index < -0.39 is 0 Å². The van der Waals surface area contributed by atoms with Gasteiger partial charge in [-0.05, 0) is 132 Å². The van der Waals surface area contributed by atoms with Gasteiger partial charge >= 0.3 is 5.63 Å². The highest BCUT2D eigenvalue weighted by Gasteiger charge is 2.36. The lowest BCUT2D eigenvalue weighted by Gasteiger charge is -2.18. The van der Waals surface area contributed by atoms with Crippen molar-refractivity contribution < 1.29 is 9.15 Å². The van der Waals surface area contributed by atoms with E-state index in [2.05, 4.69) is 78.9 Å². The average Bonchev–Trinajstić information content (AvgIpc) is 3.91. The van der Waals surface area contributed by atoms with E-state index in [1.165, 1.54) is 66.4 Å². The molecule has 3 nitrogen and oxygen atoms in total. The number of aryl methyl sites for hydroxylation is 1. The minimum absolute atomic E-state index is 0.329. The van der Waals surface area contributed by atoms with E-state index >= 15 is 0 Å². The van der Waals surface area contributed by atoms with E-state index in [0.717, 1.165) is 70.6 Å². The molecule has 0 radical (unpaired) electrons. The summed E-state index contributed by atoms with van der Waals surface area (Å²) in [6.07, 6.45) is 21.8. The Morgan fingerprint density at radius 1 is 0.756 bits per heavy atom. The average molecular weight is 593 g/mol. The predicted molar refractivity (Wildman–Crippen MR) is 182 cm³/mol. The fourth-order valence-electron chi connectivity index (χ4n) is 9.28. The standard InChI is InChI=1S/C42H40O3/c43-42-25-40(38-15-14-36(24-41(38)45-42)44-17-16-33-21-28-8-13-32(33)20-28)37-3-1-2-34-22-35(23-39(34)37)29-9-4-26(5-10-29)6-11-30-18-27-7-12-31(30)19-27/h1-5,7-10,12-15,22,24-25,27-28,30-33H,6,11,16-21,23H2.